The van der Waals surface area contributed by atoms with Gasteiger partial charge in [0.1, 0.15) is 0 Å². The number of benzene rings is 2. The molecule has 0 aliphatic carbocycles. The number of carbonyl (C=O) groups excluding carboxylic acids is 1. The van der Waals surface area contributed by atoms with Crippen molar-refractivity contribution in [2.24, 2.45) is 5.92 Å². The number of nitrogens with zero attached hydrogens (tertiary/aromatic N) is 1. The van der Waals surface area contributed by atoms with E-state index in [4.69, 9.17) is 23.2 Å². The van der Waals surface area contributed by atoms with Crippen molar-refractivity contribution in [3.05, 3.63) is 64.1 Å². The van der Waals surface area contributed by atoms with Gasteiger partial charge in [-0.05, 0) is 48.7 Å². The van der Waals surface area contributed by atoms with Crippen molar-refractivity contribution in [1.82, 2.24) is 9.62 Å². The molecule has 0 unspecified atom stereocenters. The molecule has 8 heteroatoms. The van der Waals surface area contributed by atoms with Crippen LogP contribution in [0.4, 0.5) is 0 Å². The van der Waals surface area contributed by atoms with Crippen LogP contribution < -0.4 is 5.32 Å². The fourth-order valence-electron chi connectivity index (χ4n) is 3.08. The van der Waals surface area contributed by atoms with Gasteiger partial charge < -0.3 is 5.32 Å². The molecule has 2 aromatic rings. The fraction of sp³-hybridized carbons (Fsp3) is 0.316. The summed E-state index contributed by atoms with van der Waals surface area (Å²) in [5, 5.41) is 4.00. The second-order valence-electron chi connectivity index (χ2n) is 6.44. The highest BCUT2D eigenvalue weighted by Crippen LogP contribution is 2.25. The SMILES string of the molecule is O=C(NCc1ccccc1Cl)C1CCN(S(=O)(=O)c2ccc(Cl)cc2)CC1. The van der Waals surface area contributed by atoms with E-state index in [1.807, 2.05) is 18.2 Å². The Morgan fingerprint density at radius 3 is 2.30 bits per heavy atom. The topological polar surface area (TPSA) is 66.5 Å². The zero-order valence-corrected chi connectivity index (χ0v) is 16.9. The Hall–Kier alpha value is -1.60. The van der Waals surface area contributed by atoms with E-state index in [-0.39, 0.29) is 16.7 Å². The zero-order chi connectivity index (χ0) is 19.4. The van der Waals surface area contributed by atoms with Gasteiger partial charge in [0, 0.05) is 35.6 Å². The van der Waals surface area contributed by atoms with Gasteiger partial charge in [0.2, 0.25) is 15.9 Å². The molecule has 1 aliphatic heterocycles. The Kier molecular flexibility index (Phi) is 6.42. The van der Waals surface area contributed by atoms with Gasteiger partial charge >= 0.3 is 0 Å². The average molecular weight is 427 g/mol. The van der Waals surface area contributed by atoms with Crippen molar-refractivity contribution in [1.29, 1.82) is 0 Å². The van der Waals surface area contributed by atoms with Gasteiger partial charge in [-0.3, -0.25) is 4.79 Å². The Balaban J connectivity index is 1.56. The summed E-state index contributed by atoms with van der Waals surface area (Å²) in [4.78, 5) is 12.6. The molecule has 0 aromatic heterocycles. The molecule has 1 aliphatic rings. The van der Waals surface area contributed by atoms with E-state index in [2.05, 4.69) is 5.32 Å². The Morgan fingerprint density at radius 1 is 1.04 bits per heavy atom. The molecule has 1 saturated heterocycles. The predicted molar refractivity (Wildman–Crippen MR) is 106 cm³/mol. The second-order valence-corrected chi connectivity index (χ2v) is 9.22. The third-order valence-corrected chi connectivity index (χ3v) is 7.22. The van der Waals surface area contributed by atoms with E-state index in [1.165, 1.54) is 16.4 Å². The number of hydrogen-bond acceptors (Lipinski definition) is 3. The molecule has 1 N–H and O–H groups in total. The molecule has 0 radical (unpaired) electrons. The van der Waals surface area contributed by atoms with Crippen LogP contribution in [0.2, 0.25) is 10.0 Å². The lowest BCUT2D eigenvalue weighted by molar-refractivity contribution is -0.126. The first kappa shape index (κ1) is 20.1. The third kappa shape index (κ3) is 4.82. The maximum Gasteiger partial charge on any atom is 0.243 e. The smallest absolute Gasteiger partial charge is 0.243 e. The van der Waals surface area contributed by atoms with Crippen LogP contribution in [0.15, 0.2) is 53.4 Å². The van der Waals surface area contributed by atoms with Crippen LogP contribution in [-0.4, -0.2) is 31.7 Å². The van der Waals surface area contributed by atoms with Crippen LogP contribution in [0.3, 0.4) is 0 Å². The summed E-state index contributed by atoms with van der Waals surface area (Å²) in [6, 6.07) is 13.5. The number of rotatable bonds is 5. The summed E-state index contributed by atoms with van der Waals surface area (Å²) in [6.07, 6.45) is 0.975. The number of hydrogen-bond donors (Lipinski definition) is 1. The standard InChI is InChI=1S/C19H20Cl2N2O3S/c20-16-5-7-17(8-6-16)27(25,26)23-11-9-14(10-12-23)19(24)22-13-15-3-1-2-4-18(15)21/h1-8,14H,9-13H2,(H,22,24). The second kappa shape index (κ2) is 8.61. The minimum absolute atomic E-state index is 0.0709. The summed E-state index contributed by atoms with van der Waals surface area (Å²) < 4.78 is 26.8. The normalized spacial score (nSPS) is 16.2. The summed E-state index contributed by atoms with van der Waals surface area (Å²) in [7, 11) is -3.56. The van der Waals surface area contributed by atoms with E-state index in [0.29, 0.717) is 42.5 Å². The lowest BCUT2D eigenvalue weighted by Crippen LogP contribution is -2.42. The molecule has 2 aromatic carbocycles. The van der Waals surface area contributed by atoms with E-state index in [0.717, 1.165) is 5.56 Å². The highest BCUT2D eigenvalue weighted by atomic mass is 35.5. The van der Waals surface area contributed by atoms with Crippen LogP contribution in [0.5, 0.6) is 0 Å². The molecule has 0 atom stereocenters. The molecule has 144 valence electrons. The number of sulfonamides is 1. The van der Waals surface area contributed by atoms with Crippen LogP contribution >= 0.6 is 23.2 Å². The Morgan fingerprint density at radius 2 is 1.67 bits per heavy atom. The van der Waals surface area contributed by atoms with Crippen molar-refractivity contribution >= 4 is 39.1 Å². The molecular formula is C19H20Cl2N2O3S. The molecule has 0 bridgehead atoms. The summed E-state index contributed by atoms with van der Waals surface area (Å²) >= 11 is 11.9. The maximum atomic E-state index is 12.7. The highest BCUT2D eigenvalue weighted by Gasteiger charge is 2.32. The fourth-order valence-corrected chi connectivity index (χ4v) is 4.88. The minimum atomic E-state index is -3.56. The van der Waals surface area contributed by atoms with Crippen molar-refractivity contribution in [3.63, 3.8) is 0 Å². The van der Waals surface area contributed by atoms with E-state index < -0.39 is 10.0 Å². The quantitative estimate of drug-likeness (QED) is 0.791. The van der Waals surface area contributed by atoms with Crippen molar-refractivity contribution in [2.75, 3.05) is 13.1 Å². The molecule has 0 saturated carbocycles. The van der Waals surface area contributed by atoms with Gasteiger partial charge in [-0.1, -0.05) is 41.4 Å². The zero-order valence-electron chi connectivity index (χ0n) is 14.6. The predicted octanol–water partition coefficient (Wildman–Crippen LogP) is 3.71. The van der Waals surface area contributed by atoms with Gasteiger partial charge in [0.05, 0.1) is 4.90 Å². The number of halogens is 2. The van der Waals surface area contributed by atoms with Crippen molar-refractivity contribution in [2.45, 2.75) is 24.3 Å². The minimum Gasteiger partial charge on any atom is -0.352 e. The van der Waals surface area contributed by atoms with Gasteiger partial charge in [-0.15, -0.1) is 0 Å². The van der Waals surface area contributed by atoms with E-state index >= 15 is 0 Å². The van der Waals surface area contributed by atoms with Gasteiger partial charge in [0.15, 0.2) is 0 Å². The molecule has 5 nitrogen and oxygen atoms in total. The third-order valence-electron chi connectivity index (χ3n) is 4.69. The van der Waals surface area contributed by atoms with Crippen LogP contribution in [-0.2, 0) is 21.4 Å². The highest BCUT2D eigenvalue weighted by molar-refractivity contribution is 7.89. The number of carbonyl (C=O) groups is 1. The van der Waals surface area contributed by atoms with Gasteiger partial charge in [-0.25, -0.2) is 8.42 Å². The first-order chi connectivity index (χ1) is 12.9. The molecule has 27 heavy (non-hydrogen) atoms. The summed E-state index contributed by atoms with van der Waals surface area (Å²) in [5.74, 6) is -0.275. The maximum absolute atomic E-state index is 12.7. The van der Waals surface area contributed by atoms with Gasteiger partial charge in [-0.2, -0.15) is 4.31 Å². The van der Waals surface area contributed by atoms with Crippen molar-refractivity contribution in [3.8, 4) is 0 Å². The summed E-state index contributed by atoms with van der Waals surface area (Å²) in [6.45, 7) is 0.992. The molecule has 3 rings (SSSR count). The van der Waals surface area contributed by atoms with Crippen LogP contribution in [0.1, 0.15) is 18.4 Å². The van der Waals surface area contributed by atoms with Crippen LogP contribution in [0.25, 0.3) is 0 Å². The number of amides is 1. The monoisotopic (exact) mass is 426 g/mol. The average Bonchev–Trinajstić information content (AvgIpc) is 2.67. The molecular weight excluding hydrogens is 407 g/mol. The first-order valence-electron chi connectivity index (χ1n) is 8.65. The molecule has 0 spiro atoms. The van der Waals surface area contributed by atoms with E-state index in [1.54, 1.807) is 18.2 Å². The molecule has 1 fully saturated rings. The largest absolute Gasteiger partial charge is 0.352 e. The molecule has 1 amide bonds. The van der Waals surface area contributed by atoms with Crippen LogP contribution in [0, 0.1) is 5.92 Å². The van der Waals surface area contributed by atoms with Gasteiger partial charge in [0.25, 0.3) is 0 Å². The Bertz CT molecular complexity index is 909. The van der Waals surface area contributed by atoms with Crippen molar-refractivity contribution < 1.29 is 13.2 Å². The lowest BCUT2D eigenvalue weighted by Gasteiger charge is -2.30. The lowest BCUT2D eigenvalue weighted by atomic mass is 9.97. The Labute approximate surface area is 169 Å². The first-order valence-corrected chi connectivity index (χ1v) is 10.8. The molecule has 1 heterocycles. The number of piperidine rings is 1. The number of nitrogens with one attached hydrogen (secondary N) is 1. The van der Waals surface area contributed by atoms with E-state index in [9.17, 15) is 13.2 Å². The summed E-state index contributed by atoms with van der Waals surface area (Å²) in [5.41, 5.74) is 0.857.